The van der Waals surface area contributed by atoms with Crippen LogP contribution in [0.3, 0.4) is 0 Å². The summed E-state index contributed by atoms with van der Waals surface area (Å²) in [5, 5.41) is 9.24. The maximum absolute atomic E-state index is 12.4. The van der Waals surface area contributed by atoms with Crippen LogP contribution < -0.4 is 20.9 Å². The van der Waals surface area contributed by atoms with Crippen molar-refractivity contribution in [3.63, 3.8) is 0 Å². The van der Waals surface area contributed by atoms with E-state index in [1.54, 1.807) is 6.07 Å². The number of amides is 2. The van der Waals surface area contributed by atoms with Crippen molar-refractivity contribution in [3.8, 4) is 0 Å². The lowest BCUT2D eigenvalue weighted by Crippen LogP contribution is -2.38. The van der Waals surface area contributed by atoms with E-state index in [0.717, 1.165) is 31.6 Å². The molecule has 2 heterocycles. The van der Waals surface area contributed by atoms with Crippen LogP contribution in [-0.4, -0.2) is 45.0 Å². The molecule has 0 radical (unpaired) electrons. The number of hydrogen-bond donors (Lipinski definition) is 3. The summed E-state index contributed by atoms with van der Waals surface area (Å²) in [6.45, 7) is 3.40. The van der Waals surface area contributed by atoms with Gasteiger partial charge in [0.1, 0.15) is 0 Å². The molecule has 0 aromatic heterocycles. The highest BCUT2D eigenvalue weighted by Crippen LogP contribution is 2.28. The third kappa shape index (κ3) is 5.49. The van der Waals surface area contributed by atoms with Crippen LogP contribution in [0.5, 0.6) is 0 Å². The fourth-order valence-corrected chi connectivity index (χ4v) is 3.15. The number of carbonyl (C=O) groups excluding carboxylic acids is 2. The van der Waals surface area contributed by atoms with Gasteiger partial charge in [0.25, 0.3) is 5.91 Å². The summed E-state index contributed by atoms with van der Waals surface area (Å²) in [4.78, 5) is 26.2. The van der Waals surface area contributed by atoms with Gasteiger partial charge in [-0.3, -0.25) is 9.59 Å². The lowest BCUT2D eigenvalue weighted by atomic mass is 9.99. The molecule has 25 heavy (non-hydrogen) atoms. The van der Waals surface area contributed by atoms with Crippen molar-refractivity contribution < 1.29 is 9.59 Å². The summed E-state index contributed by atoms with van der Waals surface area (Å²) in [6.07, 6.45) is 2.78. The van der Waals surface area contributed by atoms with E-state index in [-0.39, 0.29) is 36.6 Å². The molecule has 1 aromatic carbocycles. The molecule has 1 atom stereocenters. The number of fused-ring (bicyclic) bond motifs is 1. The number of anilines is 2. The van der Waals surface area contributed by atoms with E-state index in [1.807, 2.05) is 24.1 Å². The molecule has 2 aliphatic heterocycles. The minimum Gasteiger partial charge on any atom is -0.372 e. The van der Waals surface area contributed by atoms with Gasteiger partial charge in [0.05, 0.1) is 11.4 Å². The number of hydrogen-bond acceptors (Lipinski definition) is 4. The number of halogens is 2. The predicted octanol–water partition coefficient (Wildman–Crippen LogP) is 2.04. The molecule has 0 saturated carbocycles. The fourth-order valence-electron chi connectivity index (χ4n) is 3.15. The van der Waals surface area contributed by atoms with Gasteiger partial charge < -0.3 is 20.9 Å². The topological polar surface area (TPSA) is 73.5 Å². The van der Waals surface area contributed by atoms with Gasteiger partial charge in [0.15, 0.2) is 0 Å². The predicted molar refractivity (Wildman–Crippen MR) is 105 cm³/mol. The Hall–Kier alpha value is -1.50. The largest absolute Gasteiger partial charge is 0.372 e. The Bertz CT molecular complexity index is 606. The van der Waals surface area contributed by atoms with Gasteiger partial charge >= 0.3 is 0 Å². The molecule has 2 amide bonds. The molecule has 0 spiro atoms. The molecule has 2 aliphatic rings. The SMILES string of the molecule is CN1CCC(=O)Nc2cc(C(=O)NCC3CCCNC3)ccc21.Cl.Cl. The van der Waals surface area contributed by atoms with Crippen molar-refractivity contribution in [3.05, 3.63) is 23.8 Å². The number of nitrogens with zero attached hydrogens (tertiary/aromatic N) is 1. The minimum atomic E-state index is -0.0838. The van der Waals surface area contributed by atoms with Crippen LogP contribution in [0.1, 0.15) is 29.6 Å². The highest BCUT2D eigenvalue weighted by Gasteiger charge is 2.19. The van der Waals surface area contributed by atoms with Crippen LogP contribution in [0, 0.1) is 5.92 Å². The maximum atomic E-state index is 12.4. The first kappa shape index (κ1) is 21.5. The first-order valence-electron chi connectivity index (χ1n) is 8.27. The highest BCUT2D eigenvalue weighted by molar-refractivity contribution is 6.00. The molecule has 8 heteroatoms. The molecule has 1 aromatic rings. The van der Waals surface area contributed by atoms with Crippen molar-refractivity contribution in [2.45, 2.75) is 19.3 Å². The van der Waals surface area contributed by atoms with Gasteiger partial charge in [-0.2, -0.15) is 0 Å². The number of carbonyl (C=O) groups is 2. The summed E-state index contributed by atoms with van der Waals surface area (Å²) >= 11 is 0. The smallest absolute Gasteiger partial charge is 0.251 e. The van der Waals surface area contributed by atoms with Gasteiger partial charge in [-0.05, 0) is 50.0 Å². The Balaban J connectivity index is 0.00000156. The van der Waals surface area contributed by atoms with Gasteiger partial charge in [-0.1, -0.05) is 0 Å². The van der Waals surface area contributed by atoms with E-state index < -0.39 is 0 Å². The van der Waals surface area contributed by atoms with Crippen molar-refractivity contribution in [2.24, 2.45) is 5.92 Å². The van der Waals surface area contributed by atoms with Crippen molar-refractivity contribution in [2.75, 3.05) is 43.4 Å². The van der Waals surface area contributed by atoms with E-state index in [9.17, 15) is 9.59 Å². The van der Waals surface area contributed by atoms with E-state index >= 15 is 0 Å². The lowest BCUT2D eigenvalue weighted by molar-refractivity contribution is -0.115. The van der Waals surface area contributed by atoms with Crippen molar-refractivity contribution >= 4 is 48.0 Å². The molecule has 1 unspecified atom stereocenters. The Morgan fingerprint density at radius 1 is 1.36 bits per heavy atom. The normalized spacial score (nSPS) is 19.5. The number of piperidine rings is 1. The summed E-state index contributed by atoms with van der Waals surface area (Å²) in [5.74, 6) is 0.403. The Kier molecular flexibility index (Phi) is 8.48. The van der Waals surface area contributed by atoms with Crippen LogP contribution in [0.15, 0.2) is 18.2 Å². The third-order valence-corrected chi connectivity index (χ3v) is 4.57. The molecule has 0 bridgehead atoms. The molecule has 3 N–H and O–H groups in total. The third-order valence-electron chi connectivity index (χ3n) is 4.57. The van der Waals surface area contributed by atoms with Crippen LogP contribution >= 0.6 is 24.8 Å². The molecule has 6 nitrogen and oxygen atoms in total. The Morgan fingerprint density at radius 2 is 2.16 bits per heavy atom. The van der Waals surface area contributed by atoms with E-state index in [4.69, 9.17) is 0 Å². The van der Waals surface area contributed by atoms with Gasteiger partial charge in [0, 0.05) is 32.1 Å². The zero-order chi connectivity index (χ0) is 16.2. The number of benzene rings is 1. The fraction of sp³-hybridized carbons (Fsp3) is 0.529. The summed E-state index contributed by atoms with van der Waals surface area (Å²) in [7, 11) is 1.95. The monoisotopic (exact) mass is 388 g/mol. The molecule has 1 saturated heterocycles. The van der Waals surface area contributed by atoms with Crippen LogP contribution in [0.2, 0.25) is 0 Å². The van der Waals surface area contributed by atoms with Crippen molar-refractivity contribution in [1.29, 1.82) is 0 Å². The van der Waals surface area contributed by atoms with Gasteiger partial charge in [0.2, 0.25) is 5.91 Å². The quantitative estimate of drug-likeness (QED) is 0.740. The molecule has 140 valence electrons. The second kappa shape index (κ2) is 9.85. The number of rotatable bonds is 3. The summed E-state index contributed by atoms with van der Waals surface area (Å²) < 4.78 is 0. The maximum Gasteiger partial charge on any atom is 0.251 e. The molecular formula is C17H26Cl2N4O2. The second-order valence-electron chi connectivity index (χ2n) is 6.37. The molecule has 3 rings (SSSR count). The number of nitrogens with one attached hydrogen (secondary N) is 3. The highest BCUT2D eigenvalue weighted by atomic mass is 35.5. The van der Waals surface area contributed by atoms with Crippen LogP contribution in [0.25, 0.3) is 0 Å². The first-order valence-corrected chi connectivity index (χ1v) is 8.27. The molecular weight excluding hydrogens is 363 g/mol. The van der Waals surface area contributed by atoms with E-state index in [0.29, 0.717) is 36.7 Å². The Labute approximate surface area is 160 Å². The van der Waals surface area contributed by atoms with E-state index in [2.05, 4.69) is 16.0 Å². The minimum absolute atomic E-state index is 0. The zero-order valence-corrected chi connectivity index (χ0v) is 16.0. The average Bonchev–Trinajstić information content (AvgIpc) is 2.72. The van der Waals surface area contributed by atoms with Crippen molar-refractivity contribution in [1.82, 2.24) is 10.6 Å². The standard InChI is InChI=1S/C17H24N4O2.2ClH/c1-21-8-6-16(22)20-14-9-13(4-5-15(14)21)17(23)19-11-12-3-2-7-18-10-12;;/h4-5,9,12,18H,2-3,6-8,10-11H2,1H3,(H,19,23)(H,20,22);2*1H. The second-order valence-corrected chi connectivity index (χ2v) is 6.37. The van der Waals surface area contributed by atoms with Gasteiger partial charge in [-0.15, -0.1) is 24.8 Å². The molecule has 0 aliphatic carbocycles. The first-order chi connectivity index (χ1) is 11.1. The summed E-state index contributed by atoms with van der Waals surface area (Å²) in [6, 6.07) is 5.49. The summed E-state index contributed by atoms with van der Waals surface area (Å²) in [5.41, 5.74) is 2.24. The van der Waals surface area contributed by atoms with Crippen LogP contribution in [0.4, 0.5) is 11.4 Å². The molecule has 1 fully saturated rings. The van der Waals surface area contributed by atoms with Gasteiger partial charge in [-0.25, -0.2) is 0 Å². The zero-order valence-electron chi connectivity index (χ0n) is 14.3. The van der Waals surface area contributed by atoms with Crippen LogP contribution in [-0.2, 0) is 4.79 Å². The lowest BCUT2D eigenvalue weighted by Gasteiger charge is -2.23. The average molecular weight is 389 g/mol. The van der Waals surface area contributed by atoms with E-state index in [1.165, 1.54) is 0 Å². The Morgan fingerprint density at radius 3 is 2.88 bits per heavy atom.